The van der Waals surface area contributed by atoms with Crippen molar-refractivity contribution in [2.75, 3.05) is 4.72 Å². The van der Waals surface area contributed by atoms with E-state index in [1.165, 1.54) is 24.4 Å². The molecule has 6 nitrogen and oxygen atoms in total. The number of aromatic amines is 1. The van der Waals surface area contributed by atoms with Crippen LogP contribution in [0.15, 0.2) is 58.2 Å². The largest absolute Gasteiger partial charge is 0.359 e. The van der Waals surface area contributed by atoms with Gasteiger partial charge in [0.2, 0.25) is 0 Å². The molecule has 3 rings (SSSR count). The SMILES string of the molecule is N#Cc1ccc(NS(=O)(=O)c2c[nH]c(-c3cccc(Br)n3)c2)c(F)c1. The number of nitrogens with zero attached hydrogens (tertiary/aromatic N) is 2. The molecule has 2 N–H and O–H groups in total. The number of benzene rings is 1. The summed E-state index contributed by atoms with van der Waals surface area (Å²) in [6.45, 7) is 0. The van der Waals surface area contributed by atoms with Crippen molar-refractivity contribution in [1.82, 2.24) is 9.97 Å². The van der Waals surface area contributed by atoms with E-state index in [0.29, 0.717) is 16.0 Å². The maximum absolute atomic E-state index is 13.9. The fraction of sp³-hybridized carbons (Fsp3) is 0. The quantitative estimate of drug-likeness (QED) is 0.629. The van der Waals surface area contributed by atoms with Gasteiger partial charge in [0.25, 0.3) is 10.0 Å². The number of pyridine rings is 1. The second-order valence-electron chi connectivity index (χ2n) is 5.01. The zero-order chi connectivity index (χ0) is 18.0. The molecule has 0 saturated carbocycles. The summed E-state index contributed by atoms with van der Waals surface area (Å²) in [5, 5.41) is 8.73. The molecular weight excluding hydrogens is 411 g/mol. The third-order valence-electron chi connectivity index (χ3n) is 3.30. The van der Waals surface area contributed by atoms with E-state index in [4.69, 9.17) is 5.26 Å². The first-order chi connectivity index (χ1) is 11.9. The smallest absolute Gasteiger partial charge is 0.263 e. The van der Waals surface area contributed by atoms with E-state index in [0.717, 1.165) is 6.07 Å². The van der Waals surface area contributed by atoms with Crippen molar-refractivity contribution >= 4 is 31.6 Å². The van der Waals surface area contributed by atoms with Crippen LogP contribution in [0.1, 0.15) is 5.56 Å². The van der Waals surface area contributed by atoms with E-state index < -0.39 is 15.8 Å². The second-order valence-corrected chi connectivity index (χ2v) is 7.50. The average Bonchev–Trinajstić information content (AvgIpc) is 3.07. The number of aromatic nitrogens is 2. The number of nitriles is 1. The van der Waals surface area contributed by atoms with Gasteiger partial charge in [-0.05, 0) is 52.3 Å². The first-order valence-corrected chi connectivity index (χ1v) is 9.20. The number of halogens is 2. The number of hydrogen-bond acceptors (Lipinski definition) is 4. The lowest BCUT2D eigenvalue weighted by molar-refractivity contribution is 0.598. The number of anilines is 1. The van der Waals surface area contributed by atoms with Gasteiger partial charge in [-0.1, -0.05) is 6.07 Å². The highest BCUT2D eigenvalue weighted by molar-refractivity contribution is 9.10. The van der Waals surface area contributed by atoms with Crippen LogP contribution in [-0.2, 0) is 10.0 Å². The summed E-state index contributed by atoms with van der Waals surface area (Å²) >= 11 is 3.25. The second kappa shape index (κ2) is 6.66. The van der Waals surface area contributed by atoms with Crippen LogP contribution in [0, 0.1) is 17.1 Å². The van der Waals surface area contributed by atoms with Gasteiger partial charge in [-0.3, -0.25) is 4.72 Å². The molecule has 2 aromatic heterocycles. The third-order valence-corrected chi connectivity index (χ3v) is 5.09. The molecule has 0 aliphatic carbocycles. The Morgan fingerprint density at radius 3 is 2.72 bits per heavy atom. The van der Waals surface area contributed by atoms with Crippen molar-refractivity contribution in [2.45, 2.75) is 4.90 Å². The standard InChI is InChI=1S/C16H10BrFN4O2S/c17-16-3-1-2-14(21-16)15-7-11(9-20-15)25(23,24)22-13-5-4-10(8-19)6-12(13)18/h1-7,9,20,22H. The summed E-state index contributed by atoms with van der Waals surface area (Å²) in [4.78, 5) is 7.01. The molecule has 0 amide bonds. The molecule has 0 radical (unpaired) electrons. The van der Waals surface area contributed by atoms with Gasteiger partial charge in [-0.2, -0.15) is 5.26 Å². The fourth-order valence-electron chi connectivity index (χ4n) is 2.11. The molecule has 25 heavy (non-hydrogen) atoms. The Morgan fingerprint density at radius 1 is 1.24 bits per heavy atom. The minimum Gasteiger partial charge on any atom is -0.359 e. The minimum absolute atomic E-state index is 0.0620. The molecule has 0 spiro atoms. The molecule has 0 aliphatic heterocycles. The van der Waals surface area contributed by atoms with Crippen LogP contribution in [0.25, 0.3) is 11.4 Å². The van der Waals surface area contributed by atoms with Gasteiger partial charge >= 0.3 is 0 Å². The normalized spacial score (nSPS) is 11.1. The van der Waals surface area contributed by atoms with Crippen LogP contribution >= 0.6 is 15.9 Å². The minimum atomic E-state index is -4.00. The fourth-order valence-corrected chi connectivity index (χ4v) is 3.51. The molecule has 9 heteroatoms. The van der Waals surface area contributed by atoms with Crippen LogP contribution in [0.3, 0.4) is 0 Å². The van der Waals surface area contributed by atoms with E-state index in [9.17, 15) is 12.8 Å². The first-order valence-electron chi connectivity index (χ1n) is 6.93. The molecule has 3 aromatic rings. The molecule has 126 valence electrons. The Balaban J connectivity index is 1.90. The van der Waals surface area contributed by atoms with Gasteiger partial charge in [-0.25, -0.2) is 17.8 Å². The van der Waals surface area contributed by atoms with E-state index in [2.05, 4.69) is 30.6 Å². The van der Waals surface area contributed by atoms with Gasteiger partial charge in [0, 0.05) is 6.20 Å². The van der Waals surface area contributed by atoms with Crippen LogP contribution in [0.4, 0.5) is 10.1 Å². The molecule has 0 atom stereocenters. The van der Waals surface area contributed by atoms with Gasteiger partial charge < -0.3 is 4.98 Å². The van der Waals surface area contributed by atoms with Crippen molar-refractivity contribution in [3.8, 4) is 17.5 Å². The zero-order valence-electron chi connectivity index (χ0n) is 12.5. The predicted molar refractivity (Wildman–Crippen MR) is 93.6 cm³/mol. The molecule has 1 aromatic carbocycles. The molecular formula is C16H10BrFN4O2S. The molecule has 0 fully saturated rings. The van der Waals surface area contributed by atoms with Gasteiger partial charge in [0.1, 0.15) is 15.3 Å². The lowest BCUT2D eigenvalue weighted by atomic mass is 10.2. The summed E-state index contributed by atoms with van der Waals surface area (Å²) in [6, 6.07) is 11.9. The number of hydrogen-bond donors (Lipinski definition) is 2. The van der Waals surface area contributed by atoms with Crippen molar-refractivity contribution in [2.24, 2.45) is 0 Å². The van der Waals surface area contributed by atoms with E-state index in [1.807, 2.05) is 0 Å². The van der Waals surface area contributed by atoms with Crippen molar-refractivity contribution in [3.63, 3.8) is 0 Å². The van der Waals surface area contributed by atoms with Crippen molar-refractivity contribution in [3.05, 3.63) is 64.6 Å². The van der Waals surface area contributed by atoms with Crippen LogP contribution in [0.2, 0.25) is 0 Å². The summed E-state index contributed by atoms with van der Waals surface area (Å²) in [6.07, 6.45) is 1.29. The number of rotatable bonds is 4. The maximum atomic E-state index is 13.9. The summed E-state index contributed by atoms with van der Waals surface area (Å²) in [7, 11) is -4.00. The van der Waals surface area contributed by atoms with Gasteiger partial charge in [0.15, 0.2) is 0 Å². The average molecular weight is 421 g/mol. The Labute approximate surface area is 151 Å². The zero-order valence-corrected chi connectivity index (χ0v) is 14.9. The van der Waals surface area contributed by atoms with E-state index >= 15 is 0 Å². The summed E-state index contributed by atoms with van der Waals surface area (Å²) in [5.41, 5.74) is 0.926. The summed E-state index contributed by atoms with van der Waals surface area (Å²) < 4.78 is 41.5. The lowest BCUT2D eigenvalue weighted by Crippen LogP contribution is -2.13. The highest BCUT2D eigenvalue weighted by Gasteiger charge is 2.19. The Bertz CT molecular complexity index is 1090. The Kier molecular flexibility index (Phi) is 4.57. The van der Waals surface area contributed by atoms with Gasteiger partial charge in [-0.15, -0.1) is 0 Å². The number of sulfonamides is 1. The monoisotopic (exact) mass is 420 g/mol. The molecule has 2 heterocycles. The van der Waals surface area contributed by atoms with Crippen molar-refractivity contribution in [1.29, 1.82) is 5.26 Å². The molecule has 0 unspecified atom stereocenters. The molecule has 0 saturated heterocycles. The van der Waals surface area contributed by atoms with Crippen LogP contribution < -0.4 is 4.72 Å². The van der Waals surface area contributed by atoms with Crippen LogP contribution in [0.5, 0.6) is 0 Å². The van der Waals surface area contributed by atoms with Crippen molar-refractivity contribution < 1.29 is 12.8 Å². The highest BCUT2D eigenvalue weighted by atomic mass is 79.9. The lowest BCUT2D eigenvalue weighted by Gasteiger charge is -2.07. The first kappa shape index (κ1) is 17.1. The van der Waals surface area contributed by atoms with E-state index in [-0.39, 0.29) is 16.1 Å². The number of nitrogens with one attached hydrogen (secondary N) is 2. The topological polar surface area (TPSA) is 98.6 Å². The van der Waals surface area contributed by atoms with E-state index in [1.54, 1.807) is 24.3 Å². The predicted octanol–water partition coefficient (Wildman–Crippen LogP) is 3.65. The van der Waals surface area contributed by atoms with Gasteiger partial charge in [0.05, 0.1) is 28.7 Å². The number of H-pyrrole nitrogens is 1. The Hall–Kier alpha value is -2.70. The molecule has 0 bridgehead atoms. The molecule has 0 aliphatic rings. The third kappa shape index (κ3) is 3.70. The maximum Gasteiger partial charge on any atom is 0.263 e. The Morgan fingerprint density at radius 2 is 2.04 bits per heavy atom. The highest BCUT2D eigenvalue weighted by Crippen LogP contribution is 2.24. The summed E-state index contributed by atoms with van der Waals surface area (Å²) in [5.74, 6) is -0.827. The van der Waals surface area contributed by atoms with Crippen LogP contribution in [-0.4, -0.2) is 18.4 Å².